The summed E-state index contributed by atoms with van der Waals surface area (Å²) in [5.74, 6) is 0.228. The van der Waals surface area contributed by atoms with Gasteiger partial charge in [0, 0.05) is 5.69 Å². The van der Waals surface area contributed by atoms with E-state index in [1.54, 1.807) is 38.3 Å². The molecule has 0 aromatic heterocycles. The number of rotatable bonds is 6. The Kier molecular flexibility index (Phi) is 6.21. The molecule has 2 rings (SSSR count). The Morgan fingerprint density at radius 1 is 1.15 bits per heavy atom. The molecule has 0 atom stereocenters. The fourth-order valence-electron chi connectivity index (χ4n) is 2.07. The van der Waals surface area contributed by atoms with E-state index in [0.29, 0.717) is 11.5 Å². The van der Waals surface area contributed by atoms with Crippen molar-refractivity contribution in [3.63, 3.8) is 0 Å². The molecule has 2 N–H and O–H groups in total. The molecule has 0 unspecified atom stereocenters. The number of alkyl halides is 3. The van der Waals surface area contributed by atoms with Crippen molar-refractivity contribution in [1.29, 1.82) is 0 Å². The maximum atomic E-state index is 12.7. The third-order valence-electron chi connectivity index (χ3n) is 3.50. The Hall–Kier alpha value is -3.03. The first-order chi connectivity index (χ1) is 12.3. The Balaban J connectivity index is 1.90. The van der Waals surface area contributed by atoms with Gasteiger partial charge in [-0.3, -0.25) is 4.79 Å². The summed E-state index contributed by atoms with van der Waals surface area (Å²) in [5.41, 5.74) is 3.16. The molecular formula is C18H18F3N3O2. The first kappa shape index (κ1) is 19.3. The first-order valence-corrected chi connectivity index (χ1v) is 7.68. The van der Waals surface area contributed by atoms with Gasteiger partial charge in [0.05, 0.1) is 24.9 Å². The zero-order chi connectivity index (χ0) is 19.2. The third-order valence-corrected chi connectivity index (χ3v) is 3.50. The number of nitrogens with zero attached hydrogens (tertiary/aromatic N) is 1. The zero-order valence-electron chi connectivity index (χ0n) is 14.2. The second kappa shape index (κ2) is 8.37. The van der Waals surface area contributed by atoms with E-state index in [2.05, 4.69) is 15.8 Å². The van der Waals surface area contributed by atoms with Crippen molar-refractivity contribution in [3.8, 4) is 5.75 Å². The van der Waals surface area contributed by atoms with E-state index in [4.69, 9.17) is 4.74 Å². The SMILES string of the molecule is COc1ccc(/C(C)=N\NC(=O)CNc2cccc(C(F)(F)F)c2)cc1. The van der Waals surface area contributed by atoms with Gasteiger partial charge in [0.1, 0.15) is 5.75 Å². The van der Waals surface area contributed by atoms with E-state index >= 15 is 0 Å². The Bertz CT molecular complexity index is 787. The summed E-state index contributed by atoms with van der Waals surface area (Å²) in [7, 11) is 1.56. The van der Waals surface area contributed by atoms with Crippen LogP contribution in [-0.4, -0.2) is 25.3 Å². The smallest absolute Gasteiger partial charge is 0.416 e. The monoisotopic (exact) mass is 365 g/mol. The second-order valence-corrected chi connectivity index (χ2v) is 5.39. The van der Waals surface area contributed by atoms with Gasteiger partial charge in [-0.15, -0.1) is 0 Å². The van der Waals surface area contributed by atoms with Gasteiger partial charge >= 0.3 is 6.18 Å². The highest BCUT2D eigenvalue weighted by Crippen LogP contribution is 2.30. The van der Waals surface area contributed by atoms with Crippen LogP contribution in [0.3, 0.4) is 0 Å². The number of benzene rings is 2. The van der Waals surface area contributed by atoms with Crippen LogP contribution in [0.2, 0.25) is 0 Å². The van der Waals surface area contributed by atoms with Crippen LogP contribution in [0.5, 0.6) is 5.75 Å². The van der Waals surface area contributed by atoms with E-state index in [0.717, 1.165) is 17.7 Å². The van der Waals surface area contributed by atoms with E-state index in [-0.39, 0.29) is 12.2 Å². The minimum Gasteiger partial charge on any atom is -0.497 e. The molecule has 138 valence electrons. The van der Waals surface area contributed by atoms with E-state index in [1.165, 1.54) is 12.1 Å². The lowest BCUT2D eigenvalue weighted by atomic mass is 10.1. The topological polar surface area (TPSA) is 62.7 Å². The number of hydrazone groups is 1. The molecule has 0 aliphatic carbocycles. The van der Waals surface area contributed by atoms with Crippen molar-refractivity contribution in [2.75, 3.05) is 19.0 Å². The van der Waals surface area contributed by atoms with Gasteiger partial charge in [0.25, 0.3) is 5.91 Å². The largest absolute Gasteiger partial charge is 0.497 e. The van der Waals surface area contributed by atoms with Crippen LogP contribution in [-0.2, 0) is 11.0 Å². The number of anilines is 1. The van der Waals surface area contributed by atoms with Gasteiger partial charge in [-0.1, -0.05) is 6.07 Å². The van der Waals surface area contributed by atoms with Crippen LogP contribution in [0.15, 0.2) is 53.6 Å². The van der Waals surface area contributed by atoms with Crippen molar-refractivity contribution in [2.45, 2.75) is 13.1 Å². The van der Waals surface area contributed by atoms with E-state index in [1.807, 2.05) is 0 Å². The van der Waals surface area contributed by atoms with Crippen molar-refractivity contribution in [3.05, 3.63) is 59.7 Å². The number of amides is 1. The van der Waals surface area contributed by atoms with Crippen LogP contribution < -0.4 is 15.5 Å². The van der Waals surface area contributed by atoms with Gasteiger partial charge in [0.2, 0.25) is 0 Å². The van der Waals surface area contributed by atoms with Crippen molar-refractivity contribution in [1.82, 2.24) is 5.43 Å². The molecule has 8 heteroatoms. The van der Waals surface area contributed by atoms with Gasteiger partial charge < -0.3 is 10.1 Å². The summed E-state index contributed by atoms with van der Waals surface area (Å²) < 4.78 is 43.0. The highest BCUT2D eigenvalue weighted by atomic mass is 19.4. The van der Waals surface area contributed by atoms with Crippen LogP contribution in [0.4, 0.5) is 18.9 Å². The Morgan fingerprint density at radius 2 is 1.85 bits per heavy atom. The number of carbonyl (C=O) groups excluding carboxylic acids is 1. The lowest BCUT2D eigenvalue weighted by molar-refractivity contribution is -0.137. The van der Waals surface area contributed by atoms with Crippen LogP contribution in [0.1, 0.15) is 18.1 Å². The summed E-state index contributed by atoms with van der Waals surface area (Å²) in [4.78, 5) is 11.8. The fourth-order valence-corrected chi connectivity index (χ4v) is 2.07. The highest BCUT2D eigenvalue weighted by Gasteiger charge is 2.30. The number of nitrogens with one attached hydrogen (secondary N) is 2. The average molecular weight is 365 g/mol. The molecule has 0 saturated heterocycles. The lowest BCUT2D eigenvalue weighted by Gasteiger charge is -2.10. The summed E-state index contributed by atoms with van der Waals surface area (Å²) in [5, 5.41) is 6.61. The van der Waals surface area contributed by atoms with Crippen molar-refractivity contribution < 1.29 is 22.7 Å². The Labute approximate surface area is 148 Å². The van der Waals surface area contributed by atoms with Crippen LogP contribution in [0.25, 0.3) is 0 Å². The van der Waals surface area contributed by atoms with Crippen molar-refractivity contribution >= 4 is 17.3 Å². The van der Waals surface area contributed by atoms with Gasteiger partial charge in [-0.05, 0) is 55.0 Å². The normalized spacial score (nSPS) is 11.8. The van der Waals surface area contributed by atoms with Crippen molar-refractivity contribution in [2.24, 2.45) is 5.10 Å². The lowest BCUT2D eigenvalue weighted by Crippen LogP contribution is -2.26. The maximum Gasteiger partial charge on any atom is 0.416 e. The summed E-state index contributed by atoms with van der Waals surface area (Å²) in [6.45, 7) is 1.52. The molecule has 5 nitrogen and oxygen atoms in total. The zero-order valence-corrected chi connectivity index (χ0v) is 14.2. The number of ether oxygens (including phenoxy) is 1. The first-order valence-electron chi connectivity index (χ1n) is 7.68. The molecule has 26 heavy (non-hydrogen) atoms. The molecule has 0 aliphatic rings. The third kappa shape index (κ3) is 5.51. The standard InChI is InChI=1S/C18H18F3N3O2/c1-12(13-6-8-16(26-2)9-7-13)23-24-17(25)11-22-15-5-3-4-14(10-15)18(19,20)21/h3-10,22H,11H2,1-2H3,(H,24,25)/b23-12-. The minimum absolute atomic E-state index is 0.200. The number of carbonyl (C=O) groups is 1. The van der Waals surface area contributed by atoms with Crippen LogP contribution in [0, 0.1) is 0 Å². The fraction of sp³-hybridized carbons (Fsp3) is 0.222. The number of halogens is 3. The summed E-state index contributed by atoms with van der Waals surface area (Å²) in [6, 6.07) is 11.8. The second-order valence-electron chi connectivity index (χ2n) is 5.39. The van der Waals surface area contributed by atoms with Gasteiger partial charge in [-0.2, -0.15) is 18.3 Å². The Morgan fingerprint density at radius 3 is 2.46 bits per heavy atom. The predicted molar refractivity (Wildman–Crippen MR) is 93.3 cm³/mol. The molecule has 1 amide bonds. The maximum absolute atomic E-state index is 12.7. The molecule has 2 aromatic rings. The van der Waals surface area contributed by atoms with E-state index in [9.17, 15) is 18.0 Å². The average Bonchev–Trinajstić information content (AvgIpc) is 2.64. The molecule has 2 aromatic carbocycles. The number of methoxy groups -OCH3 is 1. The number of hydrogen-bond donors (Lipinski definition) is 2. The molecule has 0 saturated carbocycles. The van der Waals surface area contributed by atoms with Gasteiger partial charge in [-0.25, -0.2) is 5.43 Å². The molecular weight excluding hydrogens is 347 g/mol. The quantitative estimate of drug-likeness (QED) is 0.607. The molecule has 0 fully saturated rings. The molecule has 0 radical (unpaired) electrons. The minimum atomic E-state index is -4.43. The molecule has 0 aliphatic heterocycles. The highest BCUT2D eigenvalue weighted by molar-refractivity contribution is 5.99. The molecule has 0 spiro atoms. The summed E-state index contributed by atoms with van der Waals surface area (Å²) in [6.07, 6.45) is -4.43. The number of hydrogen-bond acceptors (Lipinski definition) is 4. The summed E-state index contributed by atoms with van der Waals surface area (Å²) >= 11 is 0. The van der Waals surface area contributed by atoms with Gasteiger partial charge in [0.15, 0.2) is 0 Å². The van der Waals surface area contributed by atoms with E-state index < -0.39 is 17.6 Å². The molecule has 0 bridgehead atoms. The van der Waals surface area contributed by atoms with Crippen LogP contribution >= 0.6 is 0 Å². The predicted octanol–water partition coefficient (Wildman–Crippen LogP) is 3.67. The molecule has 0 heterocycles.